The topological polar surface area (TPSA) is 115 Å². The summed E-state index contributed by atoms with van der Waals surface area (Å²) in [4.78, 5) is 13.3. The molecule has 1 saturated carbocycles. The molecule has 2 aliphatic rings. The molecule has 0 amide bonds. The summed E-state index contributed by atoms with van der Waals surface area (Å²) in [7, 11) is -4.28. The van der Waals surface area contributed by atoms with Crippen molar-refractivity contribution < 1.29 is 57.5 Å². The number of hydrogen-bond acceptors (Lipinski definition) is 5. The molecule has 0 aliphatic heterocycles. The second-order valence-corrected chi connectivity index (χ2v) is 10.4. The van der Waals surface area contributed by atoms with Crippen LogP contribution >= 0.6 is 23.2 Å². The molecule has 0 bridgehead atoms. The van der Waals surface area contributed by atoms with Crippen molar-refractivity contribution in [3.8, 4) is 5.75 Å². The number of hydrogen-bond donors (Lipinski definition) is 0. The maximum Gasteiger partial charge on any atom is 1.00 e. The van der Waals surface area contributed by atoms with Gasteiger partial charge in [-0.25, -0.2) is 8.42 Å². The zero-order chi connectivity index (χ0) is 21.2. The van der Waals surface area contributed by atoms with Crippen LogP contribution in [-0.2, 0) is 10.1 Å². The van der Waals surface area contributed by atoms with Crippen LogP contribution in [0.4, 0.5) is 0 Å². The maximum absolute atomic E-state index is 13.3. The number of halogens is 2. The van der Waals surface area contributed by atoms with E-state index in [1.165, 1.54) is 0 Å². The van der Waals surface area contributed by atoms with Crippen LogP contribution in [0.3, 0.4) is 0 Å². The van der Waals surface area contributed by atoms with Gasteiger partial charge in [0.05, 0.1) is 21.7 Å². The summed E-state index contributed by atoms with van der Waals surface area (Å²) in [5, 5.41) is 0.396. The molecule has 1 aromatic rings. The molecule has 3 rings (SSSR count). The van der Waals surface area contributed by atoms with Crippen molar-refractivity contribution in [3.05, 3.63) is 27.2 Å². The fourth-order valence-corrected chi connectivity index (χ4v) is 5.82. The van der Waals surface area contributed by atoms with Gasteiger partial charge in [-0.3, -0.25) is 4.79 Å². The molecule has 2 atom stereocenters. The number of ether oxygens (including phenoxy) is 1. The maximum atomic E-state index is 13.3. The number of fused-ring (bicyclic) bond motifs is 1. The number of rotatable bonds is 9. The quantitative estimate of drug-likeness (QED) is 0.289. The summed E-state index contributed by atoms with van der Waals surface area (Å²) in [5.74, 6) is 0.403. The first-order chi connectivity index (χ1) is 13.7. The summed E-state index contributed by atoms with van der Waals surface area (Å²) < 4.78 is 37.9. The minimum Gasteiger partial charge on any atom is -0.748 e. The van der Waals surface area contributed by atoms with Gasteiger partial charge in [0.25, 0.3) is 0 Å². The zero-order valence-electron chi connectivity index (χ0n) is 18.1. The molecule has 2 aliphatic carbocycles. The molecule has 31 heavy (non-hydrogen) atoms. The van der Waals surface area contributed by atoms with E-state index in [2.05, 4.69) is 6.92 Å². The van der Waals surface area contributed by atoms with E-state index in [9.17, 15) is 17.8 Å². The standard InChI is InChI=1S/C21H28Cl2O5S.Na.H2O/c1-2-3-9-14-15-12-16(28-10-6-11-29(25,26)27)19(22)20(23)18(15)21(24)17(14)13-7-4-5-8-13;;/h12-14,17H,2-11H2,1H3,(H,25,26,27);;1H2/q;+1;/p-1. The van der Waals surface area contributed by atoms with E-state index < -0.39 is 15.9 Å². The van der Waals surface area contributed by atoms with Crippen LogP contribution in [0.25, 0.3) is 0 Å². The van der Waals surface area contributed by atoms with Crippen molar-refractivity contribution in [1.29, 1.82) is 0 Å². The Bertz CT molecular complexity index is 871. The second kappa shape index (κ2) is 12.6. The predicted molar refractivity (Wildman–Crippen MR) is 117 cm³/mol. The van der Waals surface area contributed by atoms with Gasteiger partial charge in [-0.15, -0.1) is 0 Å². The van der Waals surface area contributed by atoms with E-state index in [0.29, 0.717) is 17.2 Å². The first-order valence-electron chi connectivity index (χ1n) is 10.4. The van der Waals surface area contributed by atoms with Crippen LogP contribution in [0.15, 0.2) is 6.07 Å². The molecule has 6 nitrogen and oxygen atoms in total. The van der Waals surface area contributed by atoms with Crippen LogP contribution in [0.1, 0.15) is 80.1 Å². The van der Waals surface area contributed by atoms with Gasteiger partial charge in [0.1, 0.15) is 10.8 Å². The van der Waals surface area contributed by atoms with Crippen LogP contribution in [0.5, 0.6) is 5.75 Å². The molecule has 10 heteroatoms. The Morgan fingerprint density at radius 2 is 1.81 bits per heavy atom. The van der Waals surface area contributed by atoms with E-state index in [1.807, 2.05) is 6.07 Å². The van der Waals surface area contributed by atoms with E-state index in [-0.39, 0.29) is 75.7 Å². The van der Waals surface area contributed by atoms with Crippen molar-refractivity contribution in [2.45, 2.75) is 64.2 Å². The average Bonchev–Trinajstić information content (AvgIpc) is 3.26. The van der Waals surface area contributed by atoms with E-state index >= 15 is 0 Å². The normalized spacial score (nSPS) is 20.8. The van der Waals surface area contributed by atoms with Crippen LogP contribution in [-0.4, -0.2) is 36.6 Å². The van der Waals surface area contributed by atoms with Crippen molar-refractivity contribution in [2.75, 3.05) is 12.4 Å². The molecule has 170 valence electrons. The molecular weight excluding hydrogens is 474 g/mol. The Morgan fingerprint density at radius 1 is 1.16 bits per heavy atom. The van der Waals surface area contributed by atoms with E-state index in [4.69, 9.17) is 27.9 Å². The predicted octanol–water partition coefficient (Wildman–Crippen LogP) is 1.76. The van der Waals surface area contributed by atoms with Gasteiger partial charge in [0.15, 0.2) is 5.78 Å². The van der Waals surface area contributed by atoms with Crippen LogP contribution in [0.2, 0.25) is 10.0 Å². The molecule has 0 heterocycles. The number of unbranched alkanes of at least 4 members (excludes halogenated alkanes) is 1. The molecule has 1 fully saturated rings. The SMILES string of the molecule is CCCCC1c2cc(OCCCS(=O)(=O)[O-])c(Cl)c(Cl)c2C(=O)C1C1CCCC1.O.[Na+]. The molecule has 0 spiro atoms. The third kappa shape index (κ3) is 6.82. The zero-order valence-corrected chi connectivity index (χ0v) is 22.4. The Labute approximate surface area is 216 Å². The van der Waals surface area contributed by atoms with Gasteiger partial charge >= 0.3 is 29.6 Å². The Hall–Kier alpha value is 0.140. The average molecular weight is 503 g/mol. The molecule has 0 saturated heterocycles. The number of ketones is 1. The Balaban J connectivity index is 0.00000240. The van der Waals surface area contributed by atoms with E-state index in [0.717, 1.165) is 50.5 Å². The van der Waals surface area contributed by atoms with Gasteiger partial charge in [0.2, 0.25) is 0 Å². The number of benzene rings is 1. The number of carbonyl (C=O) groups excluding carboxylic acids is 1. The minimum atomic E-state index is -4.28. The molecular formula is C21H29Cl2NaO6S. The van der Waals surface area contributed by atoms with Crippen molar-refractivity contribution in [1.82, 2.24) is 0 Å². The van der Waals surface area contributed by atoms with Crippen LogP contribution < -0.4 is 34.3 Å². The number of carbonyl (C=O) groups is 1. The van der Waals surface area contributed by atoms with Crippen LogP contribution in [0, 0.1) is 11.8 Å². The summed E-state index contributed by atoms with van der Waals surface area (Å²) in [5.41, 5.74) is 1.44. The summed E-state index contributed by atoms with van der Waals surface area (Å²) in [6.07, 6.45) is 7.54. The summed E-state index contributed by atoms with van der Waals surface area (Å²) >= 11 is 12.9. The third-order valence-corrected chi connectivity index (χ3v) is 7.80. The number of Topliss-reactive ketones (excluding diaryl/α,β-unsaturated/α-hetero) is 1. The van der Waals surface area contributed by atoms with Gasteiger partial charge < -0.3 is 14.8 Å². The smallest absolute Gasteiger partial charge is 0.748 e. The van der Waals surface area contributed by atoms with Crippen molar-refractivity contribution in [3.63, 3.8) is 0 Å². The van der Waals surface area contributed by atoms with Gasteiger partial charge in [-0.2, -0.15) is 0 Å². The largest absolute Gasteiger partial charge is 1.00 e. The van der Waals surface area contributed by atoms with Crippen molar-refractivity contribution in [2.24, 2.45) is 11.8 Å². The van der Waals surface area contributed by atoms with Gasteiger partial charge in [0, 0.05) is 17.2 Å². The summed E-state index contributed by atoms with van der Waals surface area (Å²) in [6, 6.07) is 1.81. The fraction of sp³-hybridized carbons (Fsp3) is 0.667. The monoisotopic (exact) mass is 502 g/mol. The molecule has 1 aromatic carbocycles. The fourth-order valence-electron chi connectivity index (χ4n) is 4.85. The molecule has 2 unspecified atom stereocenters. The first kappa shape index (κ1) is 29.2. The minimum absolute atomic E-state index is 0. The Morgan fingerprint density at radius 3 is 2.39 bits per heavy atom. The Kier molecular flexibility index (Phi) is 11.8. The molecule has 2 N–H and O–H groups in total. The van der Waals surface area contributed by atoms with Gasteiger partial charge in [-0.05, 0) is 49.1 Å². The molecule has 0 aromatic heterocycles. The van der Waals surface area contributed by atoms with E-state index in [1.54, 1.807) is 0 Å². The molecule has 0 radical (unpaired) electrons. The first-order valence-corrected chi connectivity index (χ1v) is 12.7. The summed E-state index contributed by atoms with van der Waals surface area (Å²) in [6.45, 7) is 2.17. The second-order valence-electron chi connectivity index (χ2n) is 8.11. The van der Waals surface area contributed by atoms with Crippen molar-refractivity contribution >= 4 is 39.1 Å². The van der Waals surface area contributed by atoms with Gasteiger partial charge in [-0.1, -0.05) is 55.8 Å². The third-order valence-electron chi connectivity index (χ3n) is 6.16.